The molecule has 1 aromatic carbocycles. The maximum absolute atomic E-state index is 6.26. The molecule has 0 aromatic heterocycles. The quantitative estimate of drug-likeness (QED) is 0.836. The van der Waals surface area contributed by atoms with Crippen LogP contribution in [0.1, 0.15) is 30.9 Å². The summed E-state index contributed by atoms with van der Waals surface area (Å²) < 4.78 is 11.3. The van der Waals surface area contributed by atoms with Gasteiger partial charge < -0.3 is 15.2 Å². The van der Waals surface area contributed by atoms with E-state index in [0.29, 0.717) is 24.0 Å². The van der Waals surface area contributed by atoms with E-state index in [0.717, 1.165) is 38.0 Å². The Morgan fingerprint density at radius 2 is 1.94 bits per heavy atom. The van der Waals surface area contributed by atoms with E-state index in [2.05, 4.69) is 6.92 Å². The number of halogens is 1. The van der Waals surface area contributed by atoms with E-state index >= 15 is 0 Å². The average Bonchev–Trinajstić information content (AvgIpc) is 2.39. The number of hydrogen-bond donors (Lipinski definition) is 1. The molecule has 0 spiro atoms. The molecule has 1 aromatic rings. The fraction of sp³-hybridized carbons (Fsp3) is 0.571. The van der Waals surface area contributed by atoms with Crippen LogP contribution in [0.2, 0.25) is 5.02 Å². The molecule has 1 heterocycles. The maximum atomic E-state index is 6.26. The van der Waals surface area contributed by atoms with Gasteiger partial charge in [-0.1, -0.05) is 18.5 Å². The molecule has 1 aliphatic rings. The minimum atomic E-state index is 0.572. The minimum Gasteiger partial charge on any atom is -0.486 e. The van der Waals surface area contributed by atoms with Gasteiger partial charge in [0.1, 0.15) is 13.2 Å². The van der Waals surface area contributed by atoms with E-state index < -0.39 is 0 Å². The second-order valence-electron chi connectivity index (χ2n) is 4.45. The molecule has 2 N–H and O–H groups in total. The number of ether oxygens (including phenoxy) is 2. The van der Waals surface area contributed by atoms with Gasteiger partial charge in [0.15, 0.2) is 11.5 Å². The zero-order valence-electron chi connectivity index (χ0n) is 10.8. The van der Waals surface area contributed by atoms with E-state index in [1.165, 1.54) is 11.1 Å². The molecule has 0 bridgehead atoms. The highest BCUT2D eigenvalue weighted by molar-refractivity contribution is 6.32. The first kappa shape index (κ1) is 13.5. The molecule has 18 heavy (non-hydrogen) atoms. The van der Waals surface area contributed by atoms with Gasteiger partial charge in [-0.05, 0) is 43.9 Å². The lowest BCUT2D eigenvalue weighted by Gasteiger charge is -2.24. The lowest BCUT2D eigenvalue weighted by Crippen LogP contribution is -2.17. The third kappa shape index (κ3) is 2.73. The van der Waals surface area contributed by atoms with E-state index in [9.17, 15) is 0 Å². The number of benzene rings is 1. The summed E-state index contributed by atoms with van der Waals surface area (Å²) >= 11 is 6.26. The smallest absolute Gasteiger partial charge is 0.180 e. The molecule has 0 radical (unpaired) electrons. The van der Waals surface area contributed by atoms with Gasteiger partial charge in [-0.3, -0.25) is 0 Å². The van der Waals surface area contributed by atoms with Crippen LogP contribution in [0.25, 0.3) is 0 Å². The molecule has 1 aliphatic heterocycles. The molecule has 0 saturated heterocycles. The molecule has 0 saturated carbocycles. The predicted octanol–water partition coefficient (Wildman–Crippen LogP) is 2.96. The van der Waals surface area contributed by atoms with Crippen molar-refractivity contribution < 1.29 is 9.47 Å². The molecular weight excluding hydrogens is 250 g/mol. The van der Waals surface area contributed by atoms with Crippen molar-refractivity contribution in [2.45, 2.75) is 32.6 Å². The summed E-state index contributed by atoms with van der Waals surface area (Å²) in [5.41, 5.74) is 8.03. The zero-order valence-corrected chi connectivity index (χ0v) is 11.6. The van der Waals surface area contributed by atoms with Crippen molar-refractivity contribution in [1.82, 2.24) is 0 Å². The Morgan fingerprint density at radius 1 is 1.22 bits per heavy atom. The molecule has 0 amide bonds. The van der Waals surface area contributed by atoms with Crippen LogP contribution in [0.15, 0.2) is 6.07 Å². The van der Waals surface area contributed by atoms with Crippen LogP contribution in [0.4, 0.5) is 0 Å². The Bertz CT molecular complexity index is 421. The largest absolute Gasteiger partial charge is 0.486 e. The zero-order chi connectivity index (χ0) is 13.0. The molecule has 3 nitrogen and oxygen atoms in total. The van der Waals surface area contributed by atoms with Crippen molar-refractivity contribution in [3.8, 4) is 11.5 Å². The van der Waals surface area contributed by atoms with Crippen LogP contribution >= 0.6 is 11.6 Å². The van der Waals surface area contributed by atoms with Gasteiger partial charge in [-0.2, -0.15) is 0 Å². The van der Waals surface area contributed by atoms with Gasteiger partial charge in [0.25, 0.3) is 0 Å². The van der Waals surface area contributed by atoms with Gasteiger partial charge >= 0.3 is 0 Å². The van der Waals surface area contributed by atoms with E-state index in [1.54, 1.807) is 0 Å². The van der Waals surface area contributed by atoms with Gasteiger partial charge in [-0.15, -0.1) is 0 Å². The lowest BCUT2D eigenvalue weighted by atomic mass is 9.98. The number of aryl methyl sites for hydroxylation is 1. The molecule has 0 fully saturated rings. The Balaban J connectivity index is 2.31. The fourth-order valence-corrected chi connectivity index (χ4v) is 2.61. The summed E-state index contributed by atoms with van der Waals surface area (Å²) in [6.07, 6.45) is 4.05. The summed E-state index contributed by atoms with van der Waals surface area (Å²) in [6.45, 7) is 4.04. The molecule has 0 atom stereocenters. The van der Waals surface area contributed by atoms with Gasteiger partial charge in [0.05, 0.1) is 5.02 Å². The van der Waals surface area contributed by atoms with Crippen LogP contribution in [0, 0.1) is 0 Å². The number of fused-ring (bicyclic) bond motifs is 1. The molecule has 0 unspecified atom stereocenters. The first-order valence-corrected chi connectivity index (χ1v) is 6.95. The van der Waals surface area contributed by atoms with Gasteiger partial charge in [-0.25, -0.2) is 0 Å². The van der Waals surface area contributed by atoms with E-state index in [-0.39, 0.29) is 0 Å². The Kier molecular flexibility index (Phi) is 4.72. The van der Waals surface area contributed by atoms with Crippen molar-refractivity contribution in [3.63, 3.8) is 0 Å². The Hall–Kier alpha value is -0.930. The van der Waals surface area contributed by atoms with Gasteiger partial charge in [0, 0.05) is 5.56 Å². The number of rotatable bonds is 5. The third-order valence-corrected chi connectivity index (χ3v) is 3.50. The number of nitrogens with two attached hydrogens (primary N) is 1. The predicted molar refractivity (Wildman–Crippen MR) is 73.8 cm³/mol. The molecule has 2 rings (SSSR count). The van der Waals surface area contributed by atoms with Crippen LogP contribution < -0.4 is 15.2 Å². The molecule has 100 valence electrons. The van der Waals surface area contributed by atoms with Crippen LogP contribution in [-0.4, -0.2) is 19.8 Å². The standard InChI is InChI=1S/C14H20ClNO2/c1-2-11-10(5-3-4-6-16)9-12(15)14-13(11)17-7-8-18-14/h9H,2-8,16H2,1H3. The van der Waals surface area contributed by atoms with Crippen LogP contribution in [0.3, 0.4) is 0 Å². The molecule has 0 aliphatic carbocycles. The van der Waals surface area contributed by atoms with Crippen molar-refractivity contribution in [2.75, 3.05) is 19.8 Å². The maximum Gasteiger partial charge on any atom is 0.180 e. The Labute approximate surface area is 113 Å². The average molecular weight is 270 g/mol. The normalized spacial score (nSPS) is 13.7. The lowest BCUT2D eigenvalue weighted by molar-refractivity contribution is 0.170. The third-order valence-electron chi connectivity index (χ3n) is 3.22. The van der Waals surface area contributed by atoms with Crippen molar-refractivity contribution >= 4 is 11.6 Å². The monoisotopic (exact) mass is 269 g/mol. The summed E-state index contributed by atoms with van der Waals surface area (Å²) in [6, 6.07) is 2.02. The first-order valence-electron chi connectivity index (χ1n) is 6.57. The fourth-order valence-electron chi connectivity index (χ4n) is 2.34. The van der Waals surface area contributed by atoms with Crippen LogP contribution in [0.5, 0.6) is 11.5 Å². The minimum absolute atomic E-state index is 0.572. The summed E-state index contributed by atoms with van der Waals surface area (Å²) in [7, 11) is 0. The summed E-state index contributed by atoms with van der Waals surface area (Å²) in [5.74, 6) is 1.56. The highest BCUT2D eigenvalue weighted by Crippen LogP contribution is 2.42. The van der Waals surface area contributed by atoms with E-state index in [1.807, 2.05) is 6.07 Å². The summed E-state index contributed by atoms with van der Waals surface area (Å²) in [4.78, 5) is 0. The molecular formula is C14H20ClNO2. The number of unbranched alkanes of at least 4 members (excludes halogenated alkanes) is 1. The van der Waals surface area contributed by atoms with Crippen molar-refractivity contribution in [2.24, 2.45) is 5.73 Å². The molecule has 4 heteroatoms. The summed E-state index contributed by atoms with van der Waals surface area (Å²) in [5, 5.41) is 0.657. The second-order valence-corrected chi connectivity index (χ2v) is 4.86. The highest BCUT2D eigenvalue weighted by atomic mass is 35.5. The second kappa shape index (κ2) is 6.30. The Morgan fingerprint density at radius 3 is 2.61 bits per heavy atom. The van der Waals surface area contributed by atoms with Crippen molar-refractivity contribution in [3.05, 3.63) is 22.2 Å². The topological polar surface area (TPSA) is 44.5 Å². The van der Waals surface area contributed by atoms with Crippen molar-refractivity contribution in [1.29, 1.82) is 0 Å². The van der Waals surface area contributed by atoms with Crippen LogP contribution in [-0.2, 0) is 12.8 Å². The highest BCUT2D eigenvalue weighted by Gasteiger charge is 2.21. The number of hydrogen-bond acceptors (Lipinski definition) is 3. The van der Waals surface area contributed by atoms with Gasteiger partial charge in [0.2, 0.25) is 0 Å². The van der Waals surface area contributed by atoms with E-state index in [4.69, 9.17) is 26.8 Å². The SMILES string of the molecule is CCc1c(CCCCN)cc(Cl)c2c1OCCO2. The first-order chi connectivity index (χ1) is 8.77.